The van der Waals surface area contributed by atoms with Crippen LogP contribution in [-0.2, 0) is 12.8 Å². The van der Waals surface area contributed by atoms with Gasteiger partial charge in [0.25, 0.3) is 0 Å². The summed E-state index contributed by atoms with van der Waals surface area (Å²) in [5.41, 5.74) is 4.77. The van der Waals surface area contributed by atoms with Gasteiger partial charge in [0.15, 0.2) is 0 Å². The average molecular weight is 267 g/mol. The van der Waals surface area contributed by atoms with Crippen LogP contribution < -0.4 is 11.3 Å². The molecule has 2 aromatic rings. The van der Waals surface area contributed by atoms with E-state index < -0.39 is 0 Å². The van der Waals surface area contributed by atoms with Crippen molar-refractivity contribution in [3.05, 3.63) is 39.0 Å². The fourth-order valence-electron chi connectivity index (χ4n) is 1.81. The van der Waals surface area contributed by atoms with E-state index >= 15 is 0 Å². The molecule has 0 radical (unpaired) electrons. The van der Waals surface area contributed by atoms with Crippen molar-refractivity contribution in [1.82, 2.24) is 10.4 Å². The molecule has 17 heavy (non-hydrogen) atoms. The molecule has 0 aliphatic heterocycles. The Labute approximate surface area is 110 Å². The number of nitrogens with two attached hydrogens (primary N) is 1. The Morgan fingerprint density at radius 2 is 2.29 bits per heavy atom. The van der Waals surface area contributed by atoms with Crippen LogP contribution in [0.3, 0.4) is 0 Å². The lowest BCUT2D eigenvalue weighted by Crippen LogP contribution is -2.36. The molecule has 1 atom stereocenters. The highest BCUT2D eigenvalue weighted by Crippen LogP contribution is 2.15. The van der Waals surface area contributed by atoms with E-state index in [9.17, 15) is 0 Å². The molecule has 2 heterocycles. The predicted octanol–water partition coefficient (Wildman–Crippen LogP) is 2.60. The zero-order valence-corrected chi connectivity index (χ0v) is 11.3. The summed E-state index contributed by atoms with van der Waals surface area (Å²) in [5, 5.41) is 2.13. The minimum absolute atomic E-state index is 0.357. The number of thiophene rings is 1. The van der Waals surface area contributed by atoms with Crippen molar-refractivity contribution in [2.75, 3.05) is 0 Å². The molecule has 2 rings (SSSR count). The maximum atomic E-state index is 5.59. The monoisotopic (exact) mass is 267 g/mol. The molecule has 0 saturated heterocycles. The molecule has 1 unspecified atom stereocenters. The maximum Gasteiger partial charge on any atom is 0.0794 e. The van der Waals surface area contributed by atoms with Crippen molar-refractivity contribution in [1.29, 1.82) is 0 Å². The lowest BCUT2D eigenvalue weighted by molar-refractivity contribution is 0.479. The molecule has 3 nitrogen and oxygen atoms in total. The van der Waals surface area contributed by atoms with E-state index in [0.29, 0.717) is 6.04 Å². The second-order valence-corrected chi connectivity index (χ2v) is 6.01. The Morgan fingerprint density at radius 3 is 2.94 bits per heavy atom. The van der Waals surface area contributed by atoms with E-state index in [4.69, 9.17) is 5.84 Å². The van der Waals surface area contributed by atoms with Gasteiger partial charge in [0, 0.05) is 28.4 Å². The van der Waals surface area contributed by atoms with Gasteiger partial charge >= 0.3 is 0 Å². The summed E-state index contributed by atoms with van der Waals surface area (Å²) in [5.74, 6) is 5.59. The van der Waals surface area contributed by atoms with Crippen LogP contribution in [0.2, 0.25) is 0 Å². The lowest BCUT2D eigenvalue weighted by atomic mass is 10.1. The molecule has 5 heteroatoms. The van der Waals surface area contributed by atoms with E-state index in [1.54, 1.807) is 11.3 Å². The summed E-state index contributed by atoms with van der Waals surface area (Å²) in [6.07, 6.45) is 6.33. The predicted molar refractivity (Wildman–Crippen MR) is 74.2 cm³/mol. The third kappa shape index (κ3) is 4.20. The van der Waals surface area contributed by atoms with E-state index in [0.717, 1.165) is 19.3 Å². The third-order valence-corrected chi connectivity index (χ3v) is 4.46. The molecule has 0 aliphatic rings. The standard InChI is InChI=1S/C12H17N3S2/c13-15-10(7-12-8-14-9-17-12)3-1-4-11-5-2-6-16-11/h2,5-6,8-10,15H,1,3-4,7,13H2. The topological polar surface area (TPSA) is 50.9 Å². The number of aromatic nitrogens is 1. The molecule has 0 saturated carbocycles. The third-order valence-electron chi connectivity index (χ3n) is 2.72. The van der Waals surface area contributed by atoms with Gasteiger partial charge in [-0.1, -0.05) is 6.07 Å². The van der Waals surface area contributed by atoms with Crippen molar-refractivity contribution in [3.8, 4) is 0 Å². The van der Waals surface area contributed by atoms with Gasteiger partial charge in [-0.25, -0.2) is 0 Å². The van der Waals surface area contributed by atoms with E-state index in [1.807, 2.05) is 23.0 Å². The van der Waals surface area contributed by atoms with Gasteiger partial charge in [0.05, 0.1) is 5.51 Å². The molecule has 3 N–H and O–H groups in total. The second-order valence-electron chi connectivity index (χ2n) is 4.01. The lowest BCUT2D eigenvalue weighted by Gasteiger charge is -2.14. The van der Waals surface area contributed by atoms with Crippen LogP contribution in [-0.4, -0.2) is 11.0 Å². The van der Waals surface area contributed by atoms with Gasteiger partial charge < -0.3 is 0 Å². The number of hydrogen-bond acceptors (Lipinski definition) is 5. The van der Waals surface area contributed by atoms with Crippen LogP contribution in [0.4, 0.5) is 0 Å². The molecule has 0 fully saturated rings. The Balaban J connectivity index is 1.72. The van der Waals surface area contributed by atoms with Crippen LogP contribution in [0, 0.1) is 0 Å². The summed E-state index contributed by atoms with van der Waals surface area (Å²) in [4.78, 5) is 6.83. The van der Waals surface area contributed by atoms with Crippen LogP contribution in [0.5, 0.6) is 0 Å². The molecule has 2 aromatic heterocycles. The van der Waals surface area contributed by atoms with Gasteiger partial charge in [-0.3, -0.25) is 16.3 Å². The maximum absolute atomic E-state index is 5.59. The largest absolute Gasteiger partial charge is 0.271 e. The van der Waals surface area contributed by atoms with E-state index in [-0.39, 0.29) is 0 Å². The second kappa shape index (κ2) is 6.86. The van der Waals surface area contributed by atoms with Crippen LogP contribution >= 0.6 is 22.7 Å². The van der Waals surface area contributed by atoms with Gasteiger partial charge in [-0.2, -0.15) is 0 Å². The van der Waals surface area contributed by atoms with Crippen LogP contribution in [0.1, 0.15) is 22.6 Å². The first-order valence-electron chi connectivity index (χ1n) is 5.74. The van der Waals surface area contributed by atoms with E-state index in [1.165, 1.54) is 16.2 Å². The van der Waals surface area contributed by atoms with Gasteiger partial charge in [-0.15, -0.1) is 22.7 Å². The minimum atomic E-state index is 0.357. The first kappa shape index (κ1) is 12.7. The number of aryl methyl sites for hydroxylation is 1. The minimum Gasteiger partial charge on any atom is -0.271 e. The van der Waals surface area contributed by atoms with Crippen molar-refractivity contribution in [2.24, 2.45) is 5.84 Å². The fourth-order valence-corrected chi connectivity index (χ4v) is 3.24. The van der Waals surface area contributed by atoms with Crippen molar-refractivity contribution >= 4 is 22.7 Å². The highest BCUT2D eigenvalue weighted by Gasteiger charge is 2.08. The Bertz CT molecular complexity index is 397. The molecule has 0 bridgehead atoms. The zero-order chi connectivity index (χ0) is 11.9. The number of thiazole rings is 1. The number of hydrogen-bond donors (Lipinski definition) is 2. The normalized spacial score (nSPS) is 12.8. The molecule has 92 valence electrons. The molecular weight excluding hydrogens is 250 g/mol. The SMILES string of the molecule is NNC(CCCc1cccs1)Cc1cncs1. The Kier molecular flexibility index (Phi) is 5.12. The van der Waals surface area contributed by atoms with Crippen LogP contribution in [0.25, 0.3) is 0 Å². The molecule has 0 aromatic carbocycles. The number of nitrogens with zero attached hydrogens (tertiary/aromatic N) is 1. The molecular formula is C12H17N3S2. The fraction of sp³-hybridized carbons (Fsp3) is 0.417. The first-order valence-corrected chi connectivity index (χ1v) is 7.50. The summed E-state index contributed by atoms with van der Waals surface area (Å²) in [7, 11) is 0. The summed E-state index contributed by atoms with van der Waals surface area (Å²) >= 11 is 3.52. The Morgan fingerprint density at radius 1 is 1.35 bits per heavy atom. The quantitative estimate of drug-likeness (QED) is 0.599. The highest BCUT2D eigenvalue weighted by atomic mass is 32.1. The van der Waals surface area contributed by atoms with Gasteiger partial charge in [0.2, 0.25) is 0 Å². The first-order chi connectivity index (χ1) is 8.38. The van der Waals surface area contributed by atoms with Crippen molar-refractivity contribution in [2.45, 2.75) is 31.7 Å². The average Bonchev–Trinajstić information content (AvgIpc) is 3.00. The summed E-state index contributed by atoms with van der Waals surface area (Å²) in [6.45, 7) is 0. The Hall–Kier alpha value is -0.750. The van der Waals surface area contributed by atoms with Crippen molar-refractivity contribution in [3.63, 3.8) is 0 Å². The number of nitrogens with one attached hydrogen (secondary N) is 1. The zero-order valence-electron chi connectivity index (χ0n) is 9.63. The van der Waals surface area contributed by atoms with Gasteiger partial charge in [0.1, 0.15) is 0 Å². The van der Waals surface area contributed by atoms with Crippen molar-refractivity contribution < 1.29 is 0 Å². The number of hydrazine groups is 1. The van der Waals surface area contributed by atoms with Gasteiger partial charge in [-0.05, 0) is 30.7 Å². The molecule has 0 spiro atoms. The molecule has 0 aliphatic carbocycles. The number of rotatable bonds is 7. The molecule has 0 amide bonds. The highest BCUT2D eigenvalue weighted by molar-refractivity contribution is 7.10. The van der Waals surface area contributed by atoms with E-state index in [2.05, 4.69) is 27.9 Å². The summed E-state index contributed by atoms with van der Waals surface area (Å²) < 4.78 is 0. The summed E-state index contributed by atoms with van der Waals surface area (Å²) in [6, 6.07) is 4.66. The van der Waals surface area contributed by atoms with Crippen LogP contribution in [0.15, 0.2) is 29.2 Å². The smallest absolute Gasteiger partial charge is 0.0794 e.